The van der Waals surface area contributed by atoms with Gasteiger partial charge in [-0.2, -0.15) is 0 Å². The molecule has 0 fully saturated rings. The van der Waals surface area contributed by atoms with E-state index in [2.05, 4.69) is 0 Å². The van der Waals surface area contributed by atoms with E-state index in [9.17, 15) is 0 Å². The van der Waals surface area contributed by atoms with Crippen LogP contribution in [0, 0.1) is 0 Å². The number of hydrogen-bond donors (Lipinski definition) is 0. The summed E-state index contributed by atoms with van der Waals surface area (Å²) in [7, 11) is 2.75. The van der Waals surface area contributed by atoms with Gasteiger partial charge in [0, 0.05) is 27.4 Å². The molecule has 0 amide bonds. The van der Waals surface area contributed by atoms with Gasteiger partial charge in [0.05, 0.1) is 6.61 Å². The average molecular weight is 467 g/mol. The smallest absolute Gasteiger partial charge is 0.494 e. The molecule has 1 aromatic carbocycles. The average Bonchev–Trinajstić information content (AvgIpc) is 2.84. The van der Waals surface area contributed by atoms with Gasteiger partial charge in [-0.15, -0.1) is 0 Å². The molecular weight excluding hydrogens is 416 g/mol. The Morgan fingerprint density at radius 1 is 0.500 bits per heavy atom. The lowest BCUT2D eigenvalue weighted by Crippen LogP contribution is -2.42. The molecule has 0 heterocycles. The lowest BCUT2D eigenvalue weighted by Gasteiger charge is -2.24. The van der Waals surface area contributed by atoms with Crippen LogP contribution in [-0.4, -0.2) is 36.7 Å². The third-order valence-electron chi connectivity index (χ3n) is 6.32. The molecular formula is C27H50O4Si. The number of rotatable bonds is 23. The summed E-state index contributed by atoms with van der Waals surface area (Å²) in [6.07, 6.45) is 21.5. The Balaban J connectivity index is 1.74. The monoisotopic (exact) mass is 466 g/mol. The number of unbranched alkanes of at least 4 members (excludes halogenated alkanes) is 15. The third kappa shape index (κ3) is 15.0. The van der Waals surface area contributed by atoms with Crippen LogP contribution in [0.15, 0.2) is 30.3 Å². The summed E-state index contributed by atoms with van der Waals surface area (Å²) < 4.78 is 22.2. The zero-order chi connectivity index (χ0) is 23.2. The highest BCUT2D eigenvalue weighted by atomic mass is 28.4. The molecule has 0 aromatic heterocycles. The van der Waals surface area contributed by atoms with E-state index in [4.69, 9.17) is 18.0 Å². The van der Waals surface area contributed by atoms with Gasteiger partial charge in [0.2, 0.25) is 0 Å². The molecule has 1 rings (SSSR count). The Bertz CT molecular complexity index is 499. The van der Waals surface area contributed by atoms with Crippen molar-refractivity contribution in [3.63, 3.8) is 0 Å². The maximum absolute atomic E-state index is 5.74. The van der Waals surface area contributed by atoms with Gasteiger partial charge >= 0.3 is 8.80 Å². The van der Waals surface area contributed by atoms with E-state index < -0.39 is 8.80 Å². The first-order chi connectivity index (χ1) is 15.8. The minimum absolute atomic E-state index is 0.849. The van der Waals surface area contributed by atoms with Gasteiger partial charge in [-0.05, 0) is 25.0 Å². The number of ether oxygens (including phenoxy) is 1. The minimum atomic E-state index is -2.34. The molecule has 0 spiro atoms. The Labute approximate surface area is 199 Å². The first-order valence-corrected chi connectivity index (χ1v) is 15.0. The van der Waals surface area contributed by atoms with E-state index >= 15 is 0 Å². The molecule has 5 heteroatoms. The summed E-state index contributed by atoms with van der Waals surface area (Å²) in [5.41, 5.74) is 0. The molecule has 0 aliphatic rings. The van der Waals surface area contributed by atoms with E-state index in [1.807, 2.05) is 30.3 Å². The van der Waals surface area contributed by atoms with E-state index in [1.165, 1.54) is 96.3 Å². The Hall–Kier alpha value is -0.883. The van der Waals surface area contributed by atoms with E-state index in [1.54, 1.807) is 21.3 Å². The summed E-state index contributed by atoms with van der Waals surface area (Å²) in [6, 6.07) is 11.1. The van der Waals surface area contributed by atoms with Crippen molar-refractivity contribution in [3.05, 3.63) is 30.3 Å². The molecule has 0 aliphatic carbocycles. The van der Waals surface area contributed by atoms with Gasteiger partial charge in [0.25, 0.3) is 0 Å². The molecule has 0 saturated heterocycles. The van der Waals surface area contributed by atoms with Crippen LogP contribution in [0.3, 0.4) is 0 Å². The molecule has 0 aliphatic heterocycles. The van der Waals surface area contributed by atoms with Crippen LogP contribution >= 0.6 is 0 Å². The van der Waals surface area contributed by atoms with Crippen molar-refractivity contribution >= 4 is 8.80 Å². The van der Waals surface area contributed by atoms with Crippen LogP contribution in [0.25, 0.3) is 0 Å². The molecule has 0 bridgehead atoms. The number of benzene rings is 1. The first-order valence-electron chi connectivity index (χ1n) is 13.1. The zero-order valence-electron chi connectivity index (χ0n) is 21.2. The van der Waals surface area contributed by atoms with Crippen LogP contribution in [0.2, 0.25) is 6.04 Å². The molecule has 186 valence electrons. The fourth-order valence-electron chi connectivity index (χ4n) is 4.18. The molecule has 0 unspecified atom stereocenters. The SMILES string of the molecule is CO[Si](CCCCCCCCCCCCCCCCCCOc1ccccc1)(OC)OC. The standard InChI is InChI=1S/C27H50O4Si/c1-28-32(29-2,30-3)26-22-17-15-13-11-9-7-5-4-6-8-10-12-14-16-21-25-31-27-23-19-18-20-24-27/h18-20,23-24H,4-17,21-22,25-26H2,1-3H3. The Kier molecular flexibility index (Phi) is 18.9. The summed E-state index contributed by atoms with van der Waals surface area (Å²) in [5.74, 6) is 0.993. The summed E-state index contributed by atoms with van der Waals surface area (Å²) in [5, 5.41) is 0. The highest BCUT2D eigenvalue weighted by Gasteiger charge is 2.36. The van der Waals surface area contributed by atoms with Crippen molar-refractivity contribution in [1.29, 1.82) is 0 Å². The second-order valence-corrected chi connectivity index (χ2v) is 12.0. The van der Waals surface area contributed by atoms with Crippen molar-refractivity contribution in [2.75, 3.05) is 27.9 Å². The number of hydrogen-bond acceptors (Lipinski definition) is 4. The summed E-state index contributed by atoms with van der Waals surface area (Å²) >= 11 is 0. The second-order valence-electron chi connectivity index (χ2n) is 8.86. The van der Waals surface area contributed by atoms with Gasteiger partial charge in [0.15, 0.2) is 0 Å². The minimum Gasteiger partial charge on any atom is -0.494 e. The molecule has 32 heavy (non-hydrogen) atoms. The fourth-order valence-corrected chi connectivity index (χ4v) is 5.98. The summed E-state index contributed by atoms with van der Waals surface area (Å²) in [4.78, 5) is 0. The van der Waals surface area contributed by atoms with Crippen molar-refractivity contribution in [2.45, 2.75) is 109 Å². The highest BCUT2D eigenvalue weighted by molar-refractivity contribution is 6.60. The molecule has 0 saturated carbocycles. The third-order valence-corrected chi connectivity index (χ3v) is 9.15. The van der Waals surface area contributed by atoms with Crippen molar-refractivity contribution in [2.24, 2.45) is 0 Å². The highest BCUT2D eigenvalue weighted by Crippen LogP contribution is 2.19. The quantitative estimate of drug-likeness (QED) is 0.120. The van der Waals surface area contributed by atoms with E-state index in [0.717, 1.165) is 24.8 Å². The maximum Gasteiger partial charge on any atom is 0.500 e. The van der Waals surface area contributed by atoms with Crippen molar-refractivity contribution in [3.8, 4) is 5.75 Å². The van der Waals surface area contributed by atoms with Crippen LogP contribution in [-0.2, 0) is 13.3 Å². The molecule has 4 nitrogen and oxygen atoms in total. The molecule has 0 radical (unpaired) electrons. The van der Waals surface area contributed by atoms with E-state index in [0.29, 0.717) is 0 Å². The van der Waals surface area contributed by atoms with Gasteiger partial charge in [-0.1, -0.05) is 108 Å². The summed E-state index contributed by atoms with van der Waals surface area (Å²) in [6.45, 7) is 0.849. The van der Waals surface area contributed by atoms with Crippen LogP contribution in [0.4, 0.5) is 0 Å². The van der Waals surface area contributed by atoms with Gasteiger partial charge in [0.1, 0.15) is 5.75 Å². The topological polar surface area (TPSA) is 36.9 Å². The lowest BCUT2D eigenvalue weighted by molar-refractivity contribution is 0.122. The molecule has 1 aromatic rings. The van der Waals surface area contributed by atoms with Crippen LogP contribution in [0.1, 0.15) is 103 Å². The van der Waals surface area contributed by atoms with Crippen molar-refractivity contribution < 1.29 is 18.0 Å². The normalized spacial score (nSPS) is 11.7. The Morgan fingerprint density at radius 2 is 0.875 bits per heavy atom. The van der Waals surface area contributed by atoms with Crippen molar-refractivity contribution in [1.82, 2.24) is 0 Å². The van der Waals surface area contributed by atoms with Crippen LogP contribution < -0.4 is 4.74 Å². The lowest BCUT2D eigenvalue weighted by atomic mass is 10.0. The second kappa shape index (κ2) is 20.7. The number of para-hydroxylation sites is 1. The zero-order valence-corrected chi connectivity index (χ0v) is 22.2. The maximum atomic E-state index is 5.74. The predicted molar refractivity (Wildman–Crippen MR) is 137 cm³/mol. The Morgan fingerprint density at radius 3 is 1.28 bits per heavy atom. The molecule has 0 N–H and O–H groups in total. The fraction of sp³-hybridized carbons (Fsp3) is 0.778. The van der Waals surface area contributed by atoms with Gasteiger partial charge < -0.3 is 18.0 Å². The first kappa shape index (κ1) is 29.1. The van der Waals surface area contributed by atoms with Gasteiger partial charge in [-0.3, -0.25) is 0 Å². The van der Waals surface area contributed by atoms with E-state index in [-0.39, 0.29) is 0 Å². The van der Waals surface area contributed by atoms with Crippen LogP contribution in [0.5, 0.6) is 5.75 Å². The molecule has 0 atom stereocenters. The largest absolute Gasteiger partial charge is 0.500 e. The predicted octanol–water partition coefficient (Wildman–Crippen LogP) is 8.19. The van der Waals surface area contributed by atoms with Gasteiger partial charge in [-0.25, -0.2) is 0 Å².